The molecular formula is C41H39N3O8. The lowest BCUT2D eigenvalue weighted by Gasteiger charge is -2.13. The van der Waals surface area contributed by atoms with E-state index in [1.807, 2.05) is 54.6 Å². The molecule has 0 saturated carbocycles. The Hall–Kier alpha value is -6.62. The number of nitrogens with two attached hydrogens (primary N) is 1. The zero-order chi connectivity index (χ0) is 36.7. The van der Waals surface area contributed by atoms with Gasteiger partial charge in [-0.05, 0) is 71.1 Å². The minimum Gasteiger partial charge on any atom is -0.497 e. The first-order chi connectivity index (χ1) is 25.3. The number of amides is 2. The average Bonchev–Trinajstić information content (AvgIpc) is 3.19. The molecule has 0 unspecified atom stereocenters. The fourth-order valence-electron chi connectivity index (χ4n) is 4.99. The minimum atomic E-state index is -0.867. The van der Waals surface area contributed by atoms with Crippen LogP contribution < -0.4 is 25.3 Å². The molecular weight excluding hydrogens is 662 g/mol. The predicted molar refractivity (Wildman–Crippen MR) is 196 cm³/mol. The van der Waals surface area contributed by atoms with Gasteiger partial charge in [0.2, 0.25) is 0 Å². The van der Waals surface area contributed by atoms with E-state index in [0.717, 1.165) is 28.0 Å². The lowest BCUT2D eigenvalue weighted by atomic mass is 10.00. The van der Waals surface area contributed by atoms with Gasteiger partial charge in [-0.2, -0.15) is 4.99 Å². The molecule has 5 aromatic rings. The Bertz CT molecular complexity index is 1980. The highest BCUT2D eigenvalue weighted by Gasteiger charge is 2.18. The van der Waals surface area contributed by atoms with Crippen LogP contribution in [0.3, 0.4) is 0 Å². The van der Waals surface area contributed by atoms with Crippen LogP contribution in [0.5, 0.6) is 17.2 Å². The van der Waals surface area contributed by atoms with Crippen LogP contribution in [-0.4, -0.2) is 44.6 Å². The van der Waals surface area contributed by atoms with Gasteiger partial charge in [0.15, 0.2) is 5.78 Å². The number of benzene rings is 5. The van der Waals surface area contributed by atoms with Crippen LogP contribution in [0.1, 0.15) is 43.7 Å². The number of hydrogen-bond acceptors (Lipinski definition) is 8. The van der Waals surface area contributed by atoms with E-state index in [1.165, 1.54) is 0 Å². The van der Waals surface area contributed by atoms with Crippen molar-refractivity contribution in [2.75, 3.05) is 20.8 Å². The van der Waals surface area contributed by atoms with Crippen molar-refractivity contribution in [1.82, 2.24) is 5.32 Å². The molecule has 5 rings (SSSR count). The van der Waals surface area contributed by atoms with E-state index < -0.39 is 12.2 Å². The summed E-state index contributed by atoms with van der Waals surface area (Å²) in [4.78, 5) is 42.1. The van der Waals surface area contributed by atoms with Crippen LogP contribution >= 0.6 is 0 Å². The molecule has 0 atom stereocenters. The Morgan fingerprint density at radius 2 is 1.19 bits per heavy atom. The summed E-state index contributed by atoms with van der Waals surface area (Å²) in [7, 11) is 3.16. The van der Waals surface area contributed by atoms with Crippen LogP contribution in [0.25, 0.3) is 0 Å². The number of hydrogen-bond donors (Lipinski definition) is 2. The fourth-order valence-corrected chi connectivity index (χ4v) is 4.99. The molecule has 0 aromatic heterocycles. The molecule has 0 spiro atoms. The molecule has 0 aliphatic heterocycles. The van der Waals surface area contributed by atoms with Gasteiger partial charge in [-0.3, -0.25) is 4.79 Å². The molecule has 266 valence electrons. The largest absolute Gasteiger partial charge is 0.497 e. The number of nitrogens with one attached hydrogen (secondary N) is 1. The van der Waals surface area contributed by atoms with Gasteiger partial charge < -0.3 is 34.7 Å². The summed E-state index contributed by atoms with van der Waals surface area (Å²) in [5.41, 5.74) is 10.8. The van der Waals surface area contributed by atoms with Crippen molar-refractivity contribution in [3.63, 3.8) is 0 Å². The third-order valence-electron chi connectivity index (χ3n) is 7.92. The molecule has 0 saturated heterocycles. The van der Waals surface area contributed by atoms with Crippen LogP contribution in [-0.2, 0) is 35.7 Å². The topological polar surface area (TPSA) is 148 Å². The third kappa shape index (κ3) is 10.7. The Morgan fingerprint density at radius 3 is 1.81 bits per heavy atom. The molecule has 52 heavy (non-hydrogen) atoms. The highest BCUT2D eigenvalue weighted by Crippen LogP contribution is 2.25. The SMILES string of the molecule is COc1ccc(COC(=O)N=C(N)c2ccc(OCc3ccc(CCNC(=O)OCc4ccc(OC)cc4)cc3)c(C(=O)c3ccccc3)c2)cc1. The molecule has 11 nitrogen and oxygen atoms in total. The van der Waals surface area contributed by atoms with E-state index in [0.29, 0.717) is 35.6 Å². The zero-order valence-corrected chi connectivity index (χ0v) is 28.9. The van der Waals surface area contributed by atoms with Gasteiger partial charge in [-0.25, -0.2) is 9.59 Å². The van der Waals surface area contributed by atoms with E-state index in [1.54, 1.807) is 80.9 Å². The number of carbonyl (C=O) groups is 3. The number of rotatable bonds is 15. The number of carbonyl (C=O) groups excluding carboxylic acids is 3. The van der Waals surface area contributed by atoms with Crippen molar-refractivity contribution in [3.8, 4) is 17.2 Å². The van der Waals surface area contributed by atoms with Gasteiger partial charge in [0.25, 0.3) is 0 Å². The Balaban J connectivity index is 1.17. The van der Waals surface area contributed by atoms with Crippen molar-refractivity contribution in [2.45, 2.75) is 26.2 Å². The maximum Gasteiger partial charge on any atom is 0.435 e. The van der Waals surface area contributed by atoms with Gasteiger partial charge in [-0.1, -0.05) is 78.9 Å². The second kappa shape index (κ2) is 18.4. The second-order valence-corrected chi connectivity index (χ2v) is 11.5. The molecule has 0 bridgehead atoms. The summed E-state index contributed by atoms with van der Waals surface area (Å²) in [5.74, 6) is 1.38. The summed E-state index contributed by atoms with van der Waals surface area (Å²) in [6.07, 6.45) is -0.757. The molecule has 0 radical (unpaired) electrons. The molecule has 11 heteroatoms. The van der Waals surface area contributed by atoms with Crippen molar-refractivity contribution in [1.29, 1.82) is 0 Å². The number of nitrogens with zero attached hydrogens (tertiary/aromatic N) is 1. The summed E-state index contributed by atoms with van der Waals surface area (Å²) < 4.78 is 27.0. The highest BCUT2D eigenvalue weighted by atomic mass is 16.6. The predicted octanol–water partition coefficient (Wildman–Crippen LogP) is 7.02. The Labute approximate surface area is 302 Å². The van der Waals surface area contributed by atoms with E-state index in [4.69, 9.17) is 29.4 Å². The summed E-state index contributed by atoms with van der Waals surface area (Å²) in [6.45, 7) is 0.754. The average molecular weight is 702 g/mol. The van der Waals surface area contributed by atoms with E-state index in [2.05, 4.69) is 10.3 Å². The number of ketones is 1. The van der Waals surface area contributed by atoms with Gasteiger partial charge in [0, 0.05) is 17.7 Å². The van der Waals surface area contributed by atoms with Crippen LogP contribution in [0.15, 0.2) is 126 Å². The van der Waals surface area contributed by atoms with Crippen molar-refractivity contribution >= 4 is 23.8 Å². The first kappa shape index (κ1) is 36.7. The van der Waals surface area contributed by atoms with Gasteiger partial charge in [0.05, 0.1) is 19.8 Å². The molecule has 0 aliphatic carbocycles. The molecule has 3 N–H and O–H groups in total. The fraction of sp³-hybridized carbons (Fsp3) is 0.171. The van der Waals surface area contributed by atoms with Gasteiger partial charge >= 0.3 is 12.2 Å². The first-order valence-electron chi connectivity index (χ1n) is 16.4. The maximum absolute atomic E-state index is 13.6. The van der Waals surface area contributed by atoms with Crippen LogP contribution in [0.4, 0.5) is 9.59 Å². The third-order valence-corrected chi connectivity index (χ3v) is 7.92. The number of ether oxygens (including phenoxy) is 5. The van der Waals surface area contributed by atoms with E-state index in [9.17, 15) is 14.4 Å². The molecule has 0 aliphatic rings. The molecule has 5 aromatic carbocycles. The summed E-state index contributed by atoms with van der Waals surface area (Å²) >= 11 is 0. The van der Waals surface area contributed by atoms with Gasteiger partial charge in [0.1, 0.15) is 42.9 Å². The monoisotopic (exact) mass is 701 g/mol. The normalized spacial score (nSPS) is 10.9. The van der Waals surface area contributed by atoms with Gasteiger partial charge in [-0.15, -0.1) is 0 Å². The number of amidine groups is 1. The second-order valence-electron chi connectivity index (χ2n) is 11.5. The number of aliphatic imine (C=N–C) groups is 1. The smallest absolute Gasteiger partial charge is 0.435 e. The first-order valence-corrected chi connectivity index (χ1v) is 16.4. The molecule has 0 fully saturated rings. The maximum atomic E-state index is 13.6. The van der Waals surface area contributed by atoms with E-state index >= 15 is 0 Å². The lowest BCUT2D eigenvalue weighted by Crippen LogP contribution is -2.26. The van der Waals surface area contributed by atoms with Crippen LogP contribution in [0.2, 0.25) is 0 Å². The standard InChI is InChI=1S/C41H39N3O8/c1-48-34-17-12-30(13-18-34)26-51-40(46)43-23-22-28-8-10-29(11-9-28)25-50-37-21-16-33(24-36(37)38(45)32-6-4-3-5-7-32)39(42)44-41(47)52-27-31-14-19-35(49-2)20-15-31/h3-21,24H,22-23,25-27H2,1-2H3,(H,43,46)(H2,42,44,47). The minimum absolute atomic E-state index is 0.00267. The Morgan fingerprint density at radius 1 is 0.635 bits per heavy atom. The van der Waals surface area contributed by atoms with Crippen molar-refractivity contribution in [3.05, 3.63) is 160 Å². The number of methoxy groups -OCH3 is 2. The quantitative estimate of drug-likeness (QED) is 0.0667. The highest BCUT2D eigenvalue weighted by molar-refractivity contribution is 6.12. The molecule has 2 amide bonds. The molecule has 0 heterocycles. The van der Waals surface area contributed by atoms with E-state index in [-0.39, 0.29) is 37.0 Å². The summed E-state index contributed by atoms with van der Waals surface area (Å²) in [6, 6.07) is 35.7. The Kier molecular flexibility index (Phi) is 13.0. The van der Waals surface area contributed by atoms with Crippen LogP contribution in [0, 0.1) is 0 Å². The van der Waals surface area contributed by atoms with Crippen molar-refractivity contribution < 1.29 is 38.1 Å². The zero-order valence-electron chi connectivity index (χ0n) is 28.9. The summed E-state index contributed by atoms with van der Waals surface area (Å²) in [5, 5.41) is 2.77. The van der Waals surface area contributed by atoms with Crippen molar-refractivity contribution in [2.24, 2.45) is 10.7 Å². The lowest BCUT2D eigenvalue weighted by molar-refractivity contribution is 0.103. The number of alkyl carbamates (subject to hydrolysis) is 1.